The van der Waals surface area contributed by atoms with Crippen molar-refractivity contribution in [1.82, 2.24) is 15.1 Å². The fourth-order valence-electron chi connectivity index (χ4n) is 2.29. The lowest BCUT2D eigenvalue weighted by atomic mass is 10.2. The van der Waals surface area contributed by atoms with Gasteiger partial charge < -0.3 is 10.1 Å². The van der Waals surface area contributed by atoms with Gasteiger partial charge in [0, 0.05) is 31.4 Å². The largest absolute Gasteiger partial charge is 0.377 e. The number of aromatic nitrogens is 2. The number of rotatable bonds is 6. The summed E-state index contributed by atoms with van der Waals surface area (Å²) in [4.78, 5) is 0. The van der Waals surface area contributed by atoms with Gasteiger partial charge in [0.25, 0.3) is 0 Å². The highest BCUT2D eigenvalue weighted by molar-refractivity contribution is 5.15. The normalized spacial score (nSPS) is 16.8. The molecule has 1 fully saturated rings. The van der Waals surface area contributed by atoms with Gasteiger partial charge in [0.1, 0.15) is 0 Å². The maximum Gasteiger partial charge on any atom is 0.0594 e. The fourth-order valence-corrected chi connectivity index (χ4v) is 2.29. The molecule has 0 radical (unpaired) electrons. The van der Waals surface area contributed by atoms with Crippen LogP contribution in [0.1, 0.15) is 36.9 Å². The molecule has 0 amide bonds. The molecule has 0 atom stereocenters. The van der Waals surface area contributed by atoms with E-state index >= 15 is 0 Å². The van der Waals surface area contributed by atoms with Gasteiger partial charge in [-0.05, 0) is 19.8 Å². The van der Waals surface area contributed by atoms with Crippen molar-refractivity contribution in [2.24, 2.45) is 7.05 Å². The summed E-state index contributed by atoms with van der Waals surface area (Å²) >= 11 is 0. The molecule has 4 nitrogen and oxygen atoms in total. The lowest BCUT2D eigenvalue weighted by molar-refractivity contribution is 0.0602. The van der Waals surface area contributed by atoms with Crippen molar-refractivity contribution in [3.8, 4) is 0 Å². The van der Waals surface area contributed by atoms with Crippen LogP contribution >= 0.6 is 0 Å². The van der Waals surface area contributed by atoms with Crippen molar-refractivity contribution in [1.29, 1.82) is 0 Å². The SMILES string of the molecule is Cc1c(CNCCOC2CCCC2)cnn1C. The summed E-state index contributed by atoms with van der Waals surface area (Å²) in [6, 6.07) is 0. The molecular formula is C13H23N3O. The summed E-state index contributed by atoms with van der Waals surface area (Å²) in [6.07, 6.45) is 7.64. The van der Waals surface area contributed by atoms with E-state index in [4.69, 9.17) is 4.74 Å². The second-order valence-electron chi connectivity index (χ2n) is 4.83. The zero-order valence-corrected chi connectivity index (χ0v) is 10.9. The Labute approximate surface area is 103 Å². The highest BCUT2D eigenvalue weighted by atomic mass is 16.5. The lowest BCUT2D eigenvalue weighted by Crippen LogP contribution is -2.22. The van der Waals surface area contributed by atoms with Crippen LogP contribution in [0.15, 0.2) is 6.20 Å². The zero-order chi connectivity index (χ0) is 12.1. The maximum absolute atomic E-state index is 5.79. The van der Waals surface area contributed by atoms with E-state index in [0.29, 0.717) is 6.10 Å². The highest BCUT2D eigenvalue weighted by Crippen LogP contribution is 2.20. The van der Waals surface area contributed by atoms with Crippen LogP contribution in [0.5, 0.6) is 0 Å². The average Bonchev–Trinajstić information content (AvgIpc) is 2.93. The van der Waals surface area contributed by atoms with Crippen LogP contribution in [0.4, 0.5) is 0 Å². The molecule has 1 N–H and O–H groups in total. The van der Waals surface area contributed by atoms with Crippen LogP contribution in [0.2, 0.25) is 0 Å². The number of nitrogens with one attached hydrogen (secondary N) is 1. The van der Waals surface area contributed by atoms with Crippen LogP contribution in [0.3, 0.4) is 0 Å². The van der Waals surface area contributed by atoms with E-state index in [-0.39, 0.29) is 0 Å². The van der Waals surface area contributed by atoms with E-state index < -0.39 is 0 Å². The first-order valence-corrected chi connectivity index (χ1v) is 6.57. The summed E-state index contributed by atoms with van der Waals surface area (Å²) < 4.78 is 7.70. The van der Waals surface area contributed by atoms with Gasteiger partial charge in [0.15, 0.2) is 0 Å². The molecule has 0 unspecified atom stereocenters. The van der Waals surface area contributed by atoms with Crippen LogP contribution in [-0.4, -0.2) is 29.0 Å². The minimum Gasteiger partial charge on any atom is -0.377 e. The molecule has 1 saturated carbocycles. The van der Waals surface area contributed by atoms with E-state index in [1.807, 2.05) is 17.9 Å². The molecule has 0 bridgehead atoms. The van der Waals surface area contributed by atoms with Gasteiger partial charge in [-0.25, -0.2) is 0 Å². The van der Waals surface area contributed by atoms with Gasteiger partial charge in [0.2, 0.25) is 0 Å². The Morgan fingerprint density at radius 2 is 2.24 bits per heavy atom. The van der Waals surface area contributed by atoms with Crippen molar-refractivity contribution in [2.75, 3.05) is 13.2 Å². The first-order valence-electron chi connectivity index (χ1n) is 6.57. The minimum absolute atomic E-state index is 0.525. The van der Waals surface area contributed by atoms with Crippen molar-refractivity contribution >= 4 is 0 Å². The molecule has 4 heteroatoms. The molecule has 96 valence electrons. The molecule has 1 heterocycles. The third-order valence-electron chi connectivity index (χ3n) is 3.59. The first kappa shape index (κ1) is 12.6. The topological polar surface area (TPSA) is 39.1 Å². The molecule has 0 aliphatic heterocycles. The minimum atomic E-state index is 0.525. The fraction of sp³-hybridized carbons (Fsp3) is 0.769. The standard InChI is InChI=1S/C13H23N3O/c1-11-12(10-15-16(11)2)9-14-7-8-17-13-5-3-4-6-13/h10,13-14H,3-9H2,1-2H3. The maximum atomic E-state index is 5.79. The quantitative estimate of drug-likeness (QED) is 0.767. The summed E-state index contributed by atoms with van der Waals surface area (Å²) in [7, 11) is 1.97. The van der Waals surface area contributed by atoms with E-state index in [1.54, 1.807) is 0 Å². The molecule has 0 aromatic carbocycles. The molecule has 17 heavy (non-hydrogen) atoms. The smallest absolute Gasteiger partial charge is 0.0594 e. The van der Waals surface area contributed by atoms with Crippen LogP contribution in [0, 0.1) is 6.92 Å². The van der Waals surface area contributed by atoms with Gasteiger partial charge in [-0.1, -0.05) is 12.8 Å². The predicted octanol–water partition coefficient (Wildman–Crippen LogP) is 1.78. The number of nitrogens with zero attached hydrogens (tertiary/aromatic N) is 2. The zero-order valence-electron chi connectivity index (χ0n) is 10.9. The number of hydrogen-bond donors (Lipinski definition) is 1. The van der Waals surface area contributed by atoms with Crippen LogP contribution in [-0.2, 0) is 18.3 Å². The van der Waals surface area contributed by atoms with Crippen molar-refractivity contribution < 1.29 is 4.74 Å². The molecule has 1 aliphatic carbocycles. The highest BCUT2D eigenvalue weighted by Gasteiger charge is 2.14. The Balaban J connectivity index is 1.58. The van der Waals surface area contributed by atoms with E-state index in [1.165, 1.54) is 36.9 Å². The van der Waals surface area contributed by atoms with Gasteiger partial charge in [-0.2, -0.15) is 5.10 Å². The summed E-state index contributed by atoms with van der Waals surface area (Å²) in [5, 5.41) is 7.62. The van der Waals surface area contributed by atoms with E-state index in [9.17, 15) is 0 Å². The Bertz CT molecular complexity index is 342. The molecule has 1 aromatic heterocycles. The Hall–Kier alpha value is -0.870. The van der Waals surface area contributed by atoms with Gasteiger partial charge >= 0.3 is 0 Å². The molecule has 1 aliphatic rings. The first-order chi connectivity index (χ1) is 8.27. The van der Waals surface area contributed by atoms with Crippen LogP contribution < -0.4 is 5.32 Å². The second-order valence-corrected chi connectivity index (χ2v) is 4.83. The number of aryl methyl sites for hydroxylation is 1. The van der Waals surface area contributed by atoms with Crippen molar-refractivity contribution in [2.45, 2.75) is 45.3 Å². The summed E-state index contributed by atoms with van der Waals surface area (Å²) in [5.74, 6) is 0. The predicted molar refractivity (Wildman–Crippen MR) is 67.9 cm³/mol. The van der Waals surface area contributed by atoms with Gasteiger partial charge in [-0.3, -0.25) is 4.68 Å². The monoisotopic (exact) mass is 237 g/mol. The summed E-state index contributed by atoms with van der Waals surface area (Å²) in [6.45, 7) is 4.72. The Morgan fingerprint density at radius 1 is 1.47 bits per heavy atom. The third kappa shape index (κ3) is 3.54. The molecule has 0 saturated heterocycles. The molecule has 0 spiro atoms. The average molecular weight is 237 g/mol. The molecule has 2 rings (SSSR count). The van der Waals surface area contributed by atoms with Crippen molar-refractivity contribution in [3.05, 3.63) is 17.5 Å². The van der Waals surface area contributed by atoms with E-state index in [2.05, 4.69) is 17.3 Å². The van der Waals surface area contributed by atoms with Gasteiger partial charge in [-0.15, -0.1) is 0 Å². The lowest BCUT2D eigenvalue weighted by Gasteiger charge is -2.11. The second kappa shape index (κ2) is 6.17. The Kier molecular flexibility index (Phi) is 4.57. The van der Waals surface area contributed by atoms with Crippen LogP contribution in [0.25, 0.3) is 0 Å². The Morgan fingerprint density at radius 3 is 2.88 bits per heavy atom. The molecular weight excluding hydrogens is 214 g/mol. The third-order valence-corrected chi connectivity index (χ3v) is 3.59. The summed E-state index contributed by atoms with van der Waals surface area (Å²) in [5.41, 5.74) is 2.50. The number of ether oxygens (including phenoxy) is 1. The van der Waals surface area contributed by atoms with Gasteiger partial charge in [0.05, 0.1) is 18.9 Å². The molecule has 1 aromatic rings. The van der Waals surface area contributed by atoms with E-state index in [0.717, 1.165) is 19.7 Å². The van der Waals surface area contributed by atoms with Crippen molar-refractivity contribution in [3.63, 3.8) is 0 Å². The number of hydrogen-bond acceptors (Lipinski definition) is 3.